The number of pyridine rings is 1. The molecule has 0 atom stereocenters. The van der Waals surface area contributed by atoms with Gasteiger partial charge in [-0.2, -0.15) is 0 Å². The maximum atomic E-state index is 12.1. The first-order valence-electron chi connectivity index (χ1n) is 5.12. The van der Waals surface area contributed by atoms with Gasteiger partial charge in [-0.3, -0.25) is 9.59 Å². The van der Waals surface area contributed by atoms with Gasteiger partial charge in [-0.1, -0.05) is 15.9 Å². The van der Waals surface area contributed by atoms with Crippen LogP contribution in [0.25, 0.3) is 0 Å². The molecule has 1 aromatic heterocycles. The van der Waals surface area contributed by atoms with E-state index in [0.29, 0.717) is 12.1 Å². The SMILES string of the molecule is CC(C)N(CCBr)C(=O)c1cc[nH]c(=O)c1. The first-order chi connectivity index (χ1) is 7.56. The van der Waals surface area contributed by atoms with Crippen molar-refractivity contribution in [2.75, 3.05) is 11.9 Å². The molecule has 0 unspecified atom stereocenters. The van der Waals surface area contributed by atoms with Gasteiger partial charge in [0, 0.05) is 35.7 Å². The third kappa shape index (κ3) is 3.20. The normalized spacial score (nSPS) is 10.5. The van der Waals surface area contributed by atoms with Crippen LogP contribution in [-0.4, -0.2) is 33.7 Å². The summed E-state index contributed by atoms with van der Waals surface area (Å²) < 4.78 is 0. The minimum atomic E-state index is -0.256. The van der Waals surface area contributed by atoms with E-state index in [1.165, 1.54) is 12.3 Å². The van der Waals surface area contributed by atoms with Crippen molar-refractivity contribution in [2.24, 2.45) is 0 Å². The third-order valence-corrected chi connectivity index (χ3v) is 2.59. The molecule has 0 fully saturated rings. The summed E-state index contributed by atoms with van der Waals surface area (Å²) in [7, 11) is 0. The molecule has 5 heteroatoms. The molecule has 88 valence electrons. The van der Waals surface area contributed by atoms with Crippen LogP contribution >= 0.6 is 15.9 Å². The largest absolute Gasteiger partial charge is 0.335 e. The predicted octanol–water partition coefficient (Wildman–Crippen LogP) is 1.62. The van der Waals surface area contributed by atoms with Crippen LogP contribution in [0.1, 0.15) is 24.2 Å². The average molecular weight is 287 g/mol. The number of rotatable bonds is 4. The van der Waals surface area contributed by atoms with Gasteiger partial charge in [0.1, 0.15) is 0 Å². The van der Waals surface area contributed by atoms with E-state index in [0.717, 1.165) is 5.33 Å². The standard InChI is InChI=1S/C11H15BrN2O2/c1-8(2)14(6-4-12)11(16)9-3-5-13-10(15)7-9/h3,5,7-8H,4,6H2,1-2H3,(H,13,15). The smallest absolute Gasteiger partial charge is 0.254 e. The first kappa shape index (κ1) is 13.0. The number of alkyl halides is 1. The molecule has 1 heterocycles. The van der Waals surface area contributed by atoms with E-state index in [1.54, 1.807) is 11.0 Å². The van der Waals surface area contributed by atoms with Crippen LogP contribution in [0.3, 0.4) is 0 Å². The number of carbonyl (C=O) groups excluding carboxylic acids is 1. The highest BCUT2D eigenvalue weighted by Gasteiger charge is 2.17. The van der Waals surface area contributed by atoms with Crippen molar-refractivity contribution in [2.45, 2.75) is 19.9 Å². The summed E-state index contributed by atoms with van der Waals surface area (Å²) in [6, 6.07) is 3.06. The molecular weight excluding hydrogens is 272 g/mol. The Morgan fingerprint density at radius 1 is 1.56 bits per heavy atom. The van der Waals surface area contributed by atoms with E-state index in [9.17, 15) is 9.59 Å². The third-order valence-electron chi connectivity index (χ3n) is 2.23. The second-order valence-corrected chi connectivity index (χ2v) is 4.52. The van der Waals surface area contributed by atoms with Crippen LogP contribution in [0.15, 0.2) is 23.1 Å². The molecule has 0 aliphatic rings. The Hall–Kier alpha value is -1.10. The molecule has 0 aliphatic heterocycles. The Bertz CT molecular complexity index is 414. The van der Waals surface area contributed by atoms with Crippen LogP contribution in [-0.2, 0) is 0 Å². The monoisotopic (exact) mass is 286 g/mol. The highest BCUT2D eigenvalue weighted by molar-refractivity contribution is 9.09. The lowest BCUT2D eigenvalue weighted by atomic mass is 10.2. The molecule has 1 N–H and O–H groups in total. The van der Waals surface area contributed by atoms with Gasteiger partial charge in [0.2, 0.25) is 5.56 Å². The molecule has 0 radical (unpaired) electrons. The Labute approximate surface area is 103 Å². The molecule has 0 saturated carbocycles. The van der Waals surface area contributed by atoms with E-state index < -0.39 is 0 Å². The number of nitrogens with one attached hydrogen (secondary N) is 1. The zero-order valence-electron chi connectivity index (χ0n) is 9.37. The lowest BCUT2D eigenvalue weighted by Gasteiger charge is -2.25. The van der Waals surface area contributed by atoms with E-state index in [-0.39, 0.29) is 17.5 Å². The Kier molecular flexibility index (Phi) is 4.73. The van der Waals surface area contributed by atoms with Gasteiger partial charge >= 0.3 is 0 Å². The number of aromatic nitrogens is 1. The van der Waals surface area contributed by atoms with Crippen molar-refractivity contribution in [3.05, 3.63) is 34.2 Å². The molecule has 0 bridgehead atoms. The Morgan fingerprint density at radius 3 is 2.75 bits per heavy atom. The van der Waals surface area contributed by atoms with E-state index in [4.69, 9.17) is 0 Å². The van der Waals surface area contributed by atoms with Crippen LogP contribution in [0.5, 0.6) is 0 Å². The van der Waals surface area contributed by atoms with Crippen LogP contribution < -0.4 is 5.56 Å². The average Bonchev–Trinajstić information content (AvgIpc) is 2.24. The zero-order valence-corrected chi connectivity index (χ0v) is 11.0. The second-order valence-electron chi connectivity index (χ2n) is 3.72. The van der Waals surface area contributed by atoms with Gasteiger partial charge in [-0.25, -0.2) is 0 Å². The number of nitrogens with zero attached hydrogens (tertiary/aromatic N) is 1. The van der Waals surface area contributed by atoms with Crippen LogP contribution in [0.4, 0.5) is 0 Å². The lowest BCUT2D eigenvalue weighted by molar-refractivity contribution is 0.0719. The van der Waals surface area contributed by atoms with Crippen molar-refractivity contribution >= 4 is 21.8 Å². The number of carbonyl (C=O) groups is 1. The number of halogens is 1. The quantitative estimate of drug-likeness (QED) is 0.856. The fourth-order valence-corrected chi connectivity index (χ4v) is 1.81. The molecule has 1 aromatic rings. The molecule has 0 spiro atoms. The van der Waals surface area contributed by atoms with Crippen molar-refractivity contribution < 1.29 is 4.79 Å². The maximum absolute atomic E-state index is 12.1. The highest BCUT2D eigenvalue weighted by atomic mass is 79.9. The summed E-state index contributed by atoms with van der Waals surface area (Å²) in [6.07, 6.45) is 1.49. The Balaban J connectivity index is 2.94. The molecule has 0 saturated heterocycles. The number of amides is 1. The van der Waals surface area contributed by atoms with Gasteiger partial charge in [-0.15, -0.1) is 0 Å². The van der Waals surface area contributed by atoms with Crippen molar-refractivity contribution in [3.8, 4) is 0 Å². The van der Waals surface area contributed by atoms with E-state index in [2.05, 4.69) is 20.9 Å². The predicted molar refractivity (Wildman–Crippen MR) is 67.0 cm³/mol. The summed E-state index contributed by atoms with van der Waals surface area (Å²) in [6.45, 7) is 4.53. The van der Waals surface area contributed by atoms with Gasteiger partial charge < -0.3 is 9.88 Å². The topological polar surface area (TPSA) is 53.2 Å². The molecular formula is C11H15BrN2O2. The minimum absolute atomic E-state index is 0.111. The van der Waals surface area contributed by atoms with Gasteiger partial charge in [0.25, 0.3) is 5.91 Å². The summed E-state index contributed by atoms with van der Waals surface area (Å²) in [5, 5.41) is 0.722. The van der Waals surface area contributed by atoms with Crippen molar-refractivity contribution in [3.63, 3.8) is 0 Å². The summed E-state index contributed by atoms with van der Waals surface area (Å²) in [4.78, 5) is 27.4. The molecule has 0 aromatic carbocycles. The number of aromatic amines is 1. The van der Waals surface area contributed by atoms with Crippen molar-refractivity contribution in [1.82, 2.24) is 9.88 Å². The minimum Gasteiger partial charge on any atom is -0.335 e. The molecule has 16 heavy (non-hydrogen) atoms. The number of hydrogen-bond donors (Lipinski definition) is 1. The van der Waals surface area contributed by atoms with Crippen LogP contribution in [0.2, 0.25) is 0 Å². The lowest BCUT2D eigenvalue weighted by Crippen LogP contribution is -2.38. The van der Waals surface area contributed by atoms with Gasteiger partial charge in [0.15, 0.2) is 0 Å². The second kappa shape index (κ2) is 5.84. The Morgan fingerprint density at radius 2 is 2.25 bits per heavy atom. The molecule has 1 rings (SSSR count). The van der Waals surface area contributed by atoms with Gasteiger partial charge in [0.05, 0.1) is 0 Å². The number of hydrogen-bond acceptors (Lipinski definition) is 2. The number of H-pyrrole nitrogens is 1. The van der Waals surface area contributed by atoms with E-state index in [1.807, 2.05) is 13.8 Å². The zero-order chi connectivity index (χ0) is 12.1. The van der Waals surface area contributed by atoms with Gasteiger partial charge in [-0.05, 0) is 19.9 Å². The fourth-order valence-electron chi connectivity index (χ4n) is 1.43. The first-order valence-corrected chi connectivity index (χ1v) is 6.24. The summed E-state index contributed by atoms with van der Waals surface area (Å²) in [5.41, 5.74) is 0.173. The maximum Gasteiger partial charge on any atom is 0.254 e. The molecule has 1 amide bonds. The summed E-state index contributed by atoms with van der Waals surface area (Å²) in [5.74, 6) is -0.111. The van der Waals surface area contributed by atoms with E-state index >= 15 is 0 Å². The van der Waals surface area contributed by atoms with Crippen molar-refractivity contribution in [1.29, 1.82) is 0 Å². The highest BCUT2D eigenvalue weighted by Crippen LogP contribution is 2.06. The van der Waals surface area contributed by atoms with Crippen LogP contribution in [0, 0.1) is 0 Å². The molecule has 4 nitrogen and oxygen atoms in total. The summed E-state index contributed by atoms with van der Waals surface area (Å²) >= 11 is 3.31. The fraction of sp³-hybridized carbons (Fsp3) is 0.455. The molecule has 0 aliphatic carbocycles.